The summed E-state index contributed by atoms with van der Waals surface area (Å²) in [5, 5.41) is 14.5. The highest BCUT2D eigenvalue weighted by molar-refractivity contribution is 5.96. The zero-order chi connectivity index (χ0) is 31.1. The van der Waals surface area contributed by atoms with Crippen LogP contribution in [-0.4, -0.2) is 95.0 Å². The van der Waals surface area contributed by atoms with Crippen LogP contribution in [0.5, 0.6) is 0 Å². The average Bonchev–Trinajstić information content (AvgIpc) is 3.47. The van der Waals surface area contributed by atoms with Gasteiger partial charge in [0.15, 0.2) is 5.96 Å². The van der Waals surface area contributed by atoms with E-state index in [4.69, 9.17) is 11.1 Å². The molecule has 2 saturated heterocycles. The van der Waals surface area contributed by atoms with Crippen LogP contribution in [0.15, 0.2) is 84.9 Å². The van der Waals surface area contributed by atoms with E-state index in [1.165, 1.54) is 11.1 Å². The van der Waals surface area contributed by atoms with Crippen LogP contribution >= 0.6 is 0 Å². The highest BCUT2D eigenvalue weighted by Crippen LogP contribution is 2.22. The molecule has 0 aliphatic carbocycles. The third-order valence-corrected chi connectivity index (χ3v) is 8.54. The maximum atomic E-state index is 12.9. The van der Waals surface area contributed by atoms with Gasteiger partial charge >= 0.3 is 0 Å². The average molecular weight is 597 g/mol. The van der Waals surface area contributed by atoms with Gasteiger partial charge in [-0.3, -0.25) is 24.8 Å². The van der Waals surface area contributed by atoms with Crippen LogP contribution in [-0.2, 0) is 22.4 Å². The Kier molecular flexibility index (Phi) is 10.3. The number of anilines is 2. The molecule has 2 fully saturated rings. The Bertz CT molecular complexity index is 1400. The quantitative estimate of drug-likeness (QED) is 0.253. The van der Waals surface area contributed by atoms with Crippen molar-refractivity contribution in [2.24, 2.45) is 5.73 Å². The van der Waals surface area contributed by atoms with Gasteiger partial charge in [-0.25, -0.2) is 0 Å². The van der Waals surface area contributed by atoms with E-state index in [2.05, 4.69) is 51.6 Å². The number of carbonyl (C=O) groups excluding carboxylic acids is 2. The Morgan fingerprint density at radius 1 is 0.750 bits per heavy atom. The maximum Gasteiger partial charge on any atom is 0.244 e. The molecule has 3 atom stereocenters. The topological polar surface area (TPSA) is 121 Å². The van der Waals surface area contributed by atoms with Crippen LogP contribution in [0.25, 0.3) is 0 Å². The molecule has 2 amide bonds. The van der Waals surface area contributed by atoms with E-state index >= 15 is 0 Å². The van der Waals surface area contributed by atoms with Crippen molar-refractivity contribution in [3.8, 4) is 0 Å². The van der Waals surface area contributed by atoms with E-state index in [0.717, 1.165) is 32.5 Å². The lowest BCUT2D eigenvalue weighted by molar-refractivity contribution is -0.118. The second-order valence-electron chi connectivity index (χ2n) is 11.5. The SMILES string of the molecule is CCN1C(=N)N(CC(=O)Nc2ccc(NC(=O)CN3C[C@H](Cc4ccccc4)N(CC)C3N)cc2)C[C@@H]1Cc1ccccc1. The van der Waals surface area contributed by atoms with Crippen LogP contribution in [0.2, 0.25) is 0 Å². The molecular formula is C34H44N8O2. The number of nitrogens with one attached hydrogen (secondary N) is 3. The molecule has 232 valence electrons. The second kappa shape index (κ2) is 14.5. The smallest absolute Gasteiger partial charge is 0.244 e. The lowest BCUT2D eigenvalue weighted by Gasteiger charge is -2.27. The third kappa shape index (κ3) is 7.63. The minimum atomic E-state index is -0.313. The summed E-state index contributed by atoms with van der Waals surface area (Å²) in [7, 11) is 0. The minimum absolute atomic E-state index is 0.106. The van der Waals surface area contributed by atoms with Crippen molar-refractivity contribution in [3.05, 3.63) is 96.1 Å². The molecule has 0 bridgehead atoms. The second-order valence-corrected chi connectivity index (χ2v) is 11.5. The van der Waals surface area contributed by atoms with Gasteiger partial charge in [-0.05, 0) is 61.7 Å². The predicted molar refractivity (Wildman–Crippen MR) is 175 cm³/mol. The molecule has 5 N–H and O–H groups in total. The molecule has 2 heterocycles. The van der Waals surface area contributed by atoms with Crippen LogP contribution in [0.1, 0.15) is 25.0 Å². The molecule has 0 radical (unpaired) electrons. The number of nitrogens with zero attached hydrogens (tertiary/aromatic N) is 4. The molecule has 3 aromatic carbocycles. The zero-order valence-corrected chi connectivity index (χ0v) is 25.7. The molecule has 2 aliphatic rings. The Balaban J connectivity index is 1.09. The van der Waals surface area contributed by atoms with Crippen molar-refractivity contribution in [2.75, 3.05) is 49.9 Å². The molecular weight excluding hydrogens is 552 g/mol. The third-order valence-electron chi connectivity index (χ3n) is 8.54. The molecule has 5 rings (SSSR count). The summed E-state index contributed by atoms with van der Waals surface area (Å²) >= 11 is 0. The summed E-state index contributed by atoms with van der Waals surface area (Å²) in [5.41, 5.74) is 10.3. The first-order valence-electron chi connectivity index (χ1n) is 15.5. The largest absolute Gasteiger partial charge is 0.338 e. The molecule has 10 heteroatoms. The Morgan fingerprint density at radius 3 is 1.80 bits per heavy atom. The Labute approximate surface area is 260 Å². The Morgan fingerprint density at radius 2 is 1.27 bits per heavy atom. The van der Waals surface area contributed by atoms with Gasteiger partial charge in [0, 0.05) is 37.1 Å². The lowest BCUT2D eigenvalue weighted by Crippen LogP contribution is -2.49. The van der Waals surface area contributed by atoms with Crippen molar-refractivity contribution in [2.45, 2.75) is 45.1 Å². The highest BCUT2D eigenvalue weighted by atomic mass is 16.2. The summed E-state index contributed by atoms with van der Waals surface area (Å²) in [6.07, 6.45) is 1.40. The standard InChI is InChI=1S/C34H44N8O2/c1-3-41-29(19-25-11-7-5-8-12-25)21-39(33(41)35)23-31(43)37-27-15-17-28(18-16-27)38-32(44)24-40-22-30(42(4-2)34(40)36)20-26-13-9-6-10-14-26/h5-18,29-30,33,36H,3-4,19-24,35H2,1-2H3,(H,37,43)(H,38,44)/t29-,30-,33?/m0/s1. The molecule has 44 heavy (non-hydrogen) atoms. The number of rotatable bonds is 12. The van der Waals surface area contributed by atoms with Gasteiger partial charge in [0.25, 0.3) is 0 Å². The number of carbonyl (C=O) groups is 2. The number of amides is 2. The number of benzene rings is 3. The van der Waals surface area contributed by atoms with Gasteiger partial charge in [0.2, 0.25) is 11.8 Å². The van der Waals surface area contributed by atoms with E-state index in [0.29, 0.717) is 23.9 Å². The summed E-state index contributed by atoms with van der Waals surface area (Å²) in [6, 6.07) is 28.1. The molecule has 3 aromatic rings. The van der Waals surface area contributed by atoms with Crippen molar-refractivity contribution in [1.29, 1.82) is 5.41 Å². The van der Waals surface area contributed by atoms with Gasteiger partial charge in [-0.1, -0.05) is 67.6 Å². The first-order valence-corrected chi connectivity index (χ1v) is 15.5. The number of nitrogens with two attached hydrogens (primary N) is 1. The zero-order valence-electron chi connectivity index (χ0n) is 25.7. The molecule has 0 spiro atoms. The van der Waals surface area contributed by atoms with Gasteiger partial charge in [-0.2, -0.15) is 0 Å². The summed E-state index contributed by atoms with van der Waals surface area (Å²) in [5.74, 6) is 0.0658. The Hall–Kier alpha value is -4.25. The number of hydrogen-bond donors (Lipinski definition) is 4. The molecule has 0 aromatic heterocycles. The van der Waals surface area contributed by atoms with Crippen LogP contribution in [0, 0.1) is 5.41 Å². The number of likely N-dealkylation sites (N-methyl/N-ethyl adjacent to an activating group) is 2. The van der Waals surface area contributed by atoms with Gasteiger partial charge in [0.05, 0.1) is 12.6 Å². The first-order chi connectivity index (χ1) is 21.3. The number of guanidine groups is 1. The lowest BCUT2D eigenvalue weighted by atomic mass is 10.1. The molecule has 2 aliphatic heterocycles. The van der Waals surface area contributed by atoms with Gasteiger partial charge < -0.3 is 26.2 Å². The monoisotopic (exact) mass is 596 g/mol. The van der Waals surface area contributed by atoms with E-state index in [-0.39, 0.29) is 43.3 Å². The fourth-order valence-electron chi connectivity index (χ4n) is 6.38. The van der Waals surface area contributed by atoms with E-state index in [1.54, 1.807) is 24.3 Å². The fraction of sp³-hybridized carbons (Fsp3) is 0.382. The number of hydrogen-bond acceptors (Lipinski definition) is 6. The summed E-state index contributed by atoms with van der Waals surface area (Å²) in [4.78, 5) is 34.0. The van der Waals surface area contributed by atoms with Crippen LogP contribution < -0.4 is 16.4 Å². The van der Waals surface area contributed by atoms with Crippen molar-refractivity contribution in [1.82, 2.24) is 19.6 Å². The summed E-state index contributed by atoms with van der Waals surface area (Å²) in [6.45, 7) is 7.32. The van der Waals surface area contributed by atoms with E-state index in [9.17, 15) is 9.59 Å². The van der Waals surface area contributed by atoms with Gasteiger partial charge in [-0.15, -0.1) is 0 Å². The highest BCUT2D eigenvalue weighted by Gasteiger charge is 2.37. The summed E-state index contributed by atoms with van der Waals surface area (Å²) < 4.78 is 0. The van der Waals surface area contributed by atoms with E-state index < -0.39 is 0 Å². The molecule has 10 nitrogen and oxygen atoms in total. The maximum absolute atomic E-state index is 12.9. The minimum Gasteiger partial charge on any atom is -0.338 e. The fourth-order valence-corrected chi connectivity index (χ4v) is 6.38. The van der Waals surface area contributed by atoms with Gasteiger partial charge in [0.1, 0.15) is 12.8 Å². The van der Waals surface area contributed by atoms with Crippen LogP contribution in [0.3, 0.4) is 0 Å². The van der Waals surface area contributed by atoms with Crippen molar-refractivity contribution >= 4 is 29.1 Å². The van der Waals surface area contributed by atoms with Crippen LogP contribution in [0.4, 0.5) is 11.4 Å². The molecule has 1 unspecified atom stereocenters. The predicted octanol–water partition coefficient (Wildman–Crippen LogP) is 3.24. The van der Waals surface area contributed by atoms with Crippen molar-refractivity contribution in [3.63, 3.8) is 0 Å². The molecule has 0 saturated carbocycles. The van der Waals surface area contributed by atoms with E-state index in [1.807, 2.05) is 53.1 Å². The van der Waals surface area contributed by atoms with Crippen molar-refractivity contribution < 1.29 is 9.59 Å². The normalized spacial score (nSPS) is 20.7. The first kappa shape index (κ1) is 31.2.